The summed E-state index contributed by atoms with van der Waals surface area (Å²) in [5.41, 5.74) is 8.91. The highest BCUT2D eigenvalue weighted by molar-refractivity contribution is 5.93. The SMILES string of the molecule is Cc1ccc(Nc2nc(N)nc(-c3cc(-c4cccnc4C(=O)O)n[nH]3)n2)cc1. The lowest BCUT2D eigenvalue weighted by Crippen LogP contribution is -2.05. The van der Waals surface area contributed by atoms with Crippen LogP contribution in [0.5, 0.6) is 0 Å². The smallest absolute Gasteiger partial charge is 0.355 e. The van der Waals surface area contributed by atoms with E-state index in [1.165, 1.54) is 6.20 Å². The second-order valence-electron chi connectivity index (χ2n) is 6.20. The van der Waals surface area contributed by atoms with Crippen molar-refractivity contribution in [1.82, 2.24) is 30.1 Å². The fraction of sp³-hybridized carbons (Fsp3) is 0.0526. The van der Waals surface area contributed by atoms with E-state index in [4.69, 9.17) is 5.73 Å². The van der Waals surface area contributed by atoms with Crippen molar-refractivity contribution in [3.8, 4) is 22.8 Å². The van der Waals surface area contributed by atoms with Crippen LogP contribution in [0.3, 0.4) is 0 Å². The van der Waals surface area contributed by atoms with Gasteiger partial charge in [0.25, 0.3) is 0 Å². The van der Waals surface area contributed by atoms with E-state index in [0.717, 1.165) is 11.3 Å². The van der Waals surface area contributed by atoms with Gasteiger partial charge in [-0.05, 0) is 37.3 Å². The van der Waals surface area contributed by atoms with Gasteiger partial charge in [-0.1, -0.05) is 17.7 Å². The number of nitrogen functional groups attached to an aromatic ring is 1. The second-order valence-corrected chi connectivity index (χ2v) is 6.20. The van der Waals surface area contributed by atoms with Gasteiger partial charge in [0.05, 0.1) is 5.69 Å². The molecule has 0 aliphatic carbocycles. The van der Waals surface area contributed by atoms with Crippen molar-refractivity contribution in [2.24, 2.45) is 0 Å². The zero-order valence-electron chi connectivity index (χ0n) is 15.3. The summed E-state index contributed by atoms with van der Waals surface area (Å²) in [5, 5.41) is 19.4. The summed E-state index contributed by atoms with van der Waals surface area (Å²) in [6.45, 7) is 2.00. The first-order valence-electron chi connectivity index (χ1n) is 8.59. The van der Waals surface area contributed by atoms with Gasteiger partial charge in [0.1, 0.15) is 5.69 Å². The lowest BCUT2D eigenvalue weighted by Gasteiger charge is -2.06. The zero-order chi connectivity index (χ0) is 20.4. The highest BCUT2D eigenvalue weighted by atomic mass is 16.4. The molecule has 144 valence electrons. The van der Waals surface area contributed by atoms with Gasteiger partial charge in [-0.3, -0.25) is 5.10 Å². The Hall–Kier alpha value is -4.34. The number of aromatic amines is 1. The van der Waals surface area contributed by atoms with Crippen LogP contribution in [0.4, 0.5) is 17.6 Å². The van der Waals surface area contributed by atoms with Gasteiger partial charge in [-0.2, -0.15) is 20.1 Å². The fourth-order valence-electron chi connectivity index (χ4n) is 2.69. The molecule has 0 aliphatic heterocycles. The molecular formula is C19H16N8O2. The molecule has 4 aromatic rings. The standard InChI is InChI=1S/C19H16N8O2/c1-10-4-6-11(7-5-10)22-19-24-16(23-18(20)25-19)14-9-13(26-27-14)12-3-2-8-21-15(12)17(28)29/h2-9H,1H3,(H,26,27)(H,28,29)(H3,20,22,23,24,25). The molecule has 0 amide bonds. The quantitative estimate of drug-likeness (QED) is 0.403. The topological polar surface area (TPSA) is 156 Å². The molecule has 1 aromatic carbocycles. The maximum Gasteiger partial charge on any atom is 0.355 e. The number of aryl methyl sites for hydroxylation is 1. The van der Waals surface area contributed by atoms with E-state index >= 15 is 0 Å². The number of nitrogens with zero attached hydrogens (tertiary/aromatic N) is 5. The van der Waals surface area contributed by atoms with Gasteiger partial charge < -0.3 is 16.2 Å². The monoisotopic (exact) mass is 388 g/mol. The van der Waals surface area contributed by atoms with Crippen LogP contribution >= 0.6 is 0 Å². The van der Waals surface area contributed by atoms with Crippen LogP contribution in [0.15, 0.2) is 48.7 Å². The number of benzene rings is 1. The van der Waals surface area contributed by atoms with E-state index in [1.807, 2.05) is 31.2 Å². The third kappa shape index (κ3) is 3.86. The van der Waals surface area contributed by atoms with Crippen molar-refractivity contribution in [3.63, 3.8) is 0 Å². The number of carboxylic acids is 1. The molecule has 4 rings (SSSR count). The minimum atomic E-state index is -1.14. The molecule has 0 saturated heterocycles. The molecule has 0 bridgehead atoms. The molecule has 3 heterocycles. The predicted molar refractivity (Wildman–Crippen MR) is 106 cm³/mol. The maximum atomic E-state index is 11.4. The first-order valence-corrected chi connectivity index (χ1v) is 8.59. The van der Waals surface area contributed by atoms with Gasteiger partial charge in [0, 0.05) is 17.4 Å². The normalized spacial score (nSPS) is 10.7. The molecule has 29 heavy (non-hydrogen) atoms. The molecule has 0 radical (unpaired) electrons. The number of carbonyl (C=O) groups is 1. The summed E-state index contributed by atoms with van der Waals surface area (Å²) >= 11 is 0. The Morgan fingerprint density at radius 2 is 1.93 bits per heavy atom. The van der Waals surface area contributed by atoms with Crippen molar-refractivity contribution < 1.29 is 9.90 Å². The van der Waals surface area contributed by atoms with Crippen LogP contribution in [0.25, 0.3) is 22.8 Å². The summed E-state index contributed by atoms with van der Waals surface area (Å²) in [5.74, 6) is -0.556. The number of carboxylic acid groups (broad SMARTS) is 1. The number of nitrogens with two attached hydrogens (primary N) is 1. The van der Waals surface area contributed by atoms with Gasteiger partial charge in [0.15, 0.2) is 11.5 Å². The average molecular weight is 388 g/mol. The Morgan fingerprint density at radius 3 is 2.69 bits per heavy atom. The number of H-pyrrole nitrogens is 1. The lowest BCUT2D eigenvalue weighted by molar-refractivity contribution is 0.0691. The molecule has 0 fully saturated rings. The van der Waals surface area contributed by atoms with E-state index in [9.17, 15) is 9.90 Å². The Kier molecular flexibility index (Phi) is 4.57. The summed E-state index contributed by atoms with van der Waals surface area (Å²) < 4.78 is 0. The molecule has 0 aliphatic rings. The van der Waals surface area contributed by atoms with Crippen molar-refractivity contribution in [1.29, 1.82) is 0 Å². The van der Waals surface area contributed by atoms with Gasteiger partial charge in [0.2, 0.25) is 11.9 Å². The molecule has 10 heteroatoms. The van der Waals surface area contributed by atoms with Crippen LogP contribution < -0.4 is 11.1 Å². The molecular weight excluding hydrogens is 372 g/mol. The number of hydrogen-bond donors (Lipinski definition) is 4. The molecule has 0 saturated carbocycles. The van der Waals surface area contributed by atoms with E-state index in [1.54, 1.807) is 18.2 Å². The largest absolute Gasteiger partial charge is 0.476 e. The third-order valence-electron chi connectivity index (χ3n) is 4.07. The van der Waals surface area contributed by atoms with Crippen LogP contribution in [0.2, 0.25) is 0 Å². The summed E-state index contributed by atoms with van der Waals surface area (Å²) in [7, 11) is 0. The number of anilines is 3. The van der Waals surface area contributed by atoms with E-state index < -0.39 is 5.97 Å². The Morgan fingerprint density at radius 1 is 1.14 bits per heavy atom. The fourth-order valence-corrected chi connectivity index (χ4v) is 2.69. The Balaban J connectivity index is 1.67. The molecule has 10 nitrogen and oxygen atoms in total. The molecule has 0 atom stereocenters. The molecule has 0 unspecified atom stereocenters. The van der Waals surface area contributed by atoms with Gasteiger partial charge in [-0.25, -0.2) is 9.78 Å². The number of pyridine rings is 1. The van der Waals surface area contributed by atoms with Gasteiger partial charge in [-0.15, -0.1) is 0 Å². The molecule has 3 aromatic heterocycles. The van der Waals surface area contributed by atoms with Gasteiger partial charge >= 0.3 is 5.97 Å². The summed E-state index contributed by atoms with van der Waals surface area (Å²) in [6, 6.07) is 12.6. The minimum Gasteiger partial charge on any atom is -0.476 e. The summed E-state index contributed by atoms with van der Waals surface area (Å²) in [6.07, 6.45) is 1.41. The van der Waals surface area contributed by atoms with Crippen LogP contribution in [-0.2, 0) is 0 Å². The average Bonchev–Trinajstić information content (AvgIpc) is 3.19. The Bertz CT molecular complexity index is 1190. The number of nitrogens with one attached hydrogen (secondary N) is 2. The van der Waals surface area contributed by atoms with Crippen LogP contribution in [0, 0.1) is 6.92 Å². The minimum absolute atomic E-state index is 0.0355. The van der Waals surface area contributed by atoms with Crippen LogP contribution in [-0.4, -0.2) is 41.2 Å². The maximum absolute atomic E-state index is 11.4. The zero-order valence-corrected chi connectivity index (χ0v) is 15.3. The summed E-state index contributed by atoms with van der Waals surface area (Å²) in [4.78, 5) is 27.9. The number of aromatic carboxylic acids is 1. The van der Waals surface area contributed by atoms with E-state index in [2.05, 4.69) is 35.5 Å². The number of aromatic nitrogens is 6. The number of hydrogen-bond acceptors (Lipinski definition) is 8. The van der Waals surface area contributed by atoms with E-state index in [0.29, 0.717) is 17.0 Å². The second kappa shape index (κ2) is 7.35. The van der Waals surface area contributed by atoms with Crippen LogP contribution in [0.1, 0.15) is 16.1 Å². The molecule has 0 spiro atoms. The predicted octanol–water partition coefficient (Wildman–Crippen LogP) is 2.66. The van der Waals surface area contributed by atoms with Crippen molar-refractivity contribution >= 4 is 23.6 Å². The highest BCUT2D eigenvalue weighted by Crippen LogP contribution is 2.25. The van der Waals surface area contributed by atoms with Crippen molar-refractivity contribution in [2.45, 2.75) is 6.92 Å². The first-order chi connectivity index (χ1) is 14.0. The lowest BCUT2D eigenvalue weighted by atomic mass is 10.1. The Labute approximate surface area is 164 Å². The van der Waals surface area contributed by atoms with Crippen molar-refractivity contribution in [3.05, 3.63) is 59.9 Å². The van der Waals surface area contributed by atoms with Crippen molar-refractivity contribution in [2.75, 3.05) is 11.1 Å². The number of rotatable bonds is 5. The van der Waals surface area contributed by atoms with E-state index in [-0.39, 0.29) is 23.4 Å². The third-order valence-corrected chi connectivity index (χ3v) is 4.07. The first kappa shape index (κ1) is 18.0. The molecule has 5 N–H and O–H groups in total. The highest BCUT2D eigenvalue weighted by Gasteiger charge is 2.17.